The first kappa shape index (κ1) is 18.7. The van der Waals surface area contributed by atoms with E-state index in [9.17, 15) is 28.3 Å². The standard InChI is InChI=1S/C8H16O8S.Na/c1-15-8-7(11)6(10)5(9)4(16-8)2-3-17(12,13)14;/h4-11H,2-3H2,1H3,(H,12,13,14);/q;+1/p-1/t4-,5-,6+,7+,8+;/m1./s1. The van der Waals surface area contributed by atoms with Crippen LogP contribution in [0.2, 0.25) is 0 Å². The Labute approximate surface area is 127 Å². The van der Waals surface area contributed by atoms with Gasteiger partial charge in [-0.15, -0.1) is 0 Å². The van der Waals surface area contributed by atoms with Crippen molar-refractivity contribution < 1.29 is 67.3 Å². The van der Waals surface area contributed by atoms with Crippen molar-refractivity contribution in [3.63, 3.8) is 0 Å². The van der Waals surface area contributed by atoms with Crippen LogP contribution < -0.4 is 29.6 Å². The molecule has 0 aliphatic carbocycles. The van der Waals surface area contributed by atoms with Crippen LogP contribution in [0.25, 0.3) is 0 Å². The van der Waals surface area contributed by atoms with Crippen molar-refractivity contribution in [1.29, 1.82) is 0 Å². The normalized spacial score (nSPS) is 37.1. The van der Waals surface area contributed by atoms with Crippen molar-refractivity contribution in [3.8, 4) is 0 Å². The Morgan fingerprint density at radius 1 is 1.22 bits per heavy atom. The van der Waals surface area contributed by atoms with Crippen molar-refractivity contribution in [1.82, 2.24) is 0 Å². The van der Waals surface area contributed by atoms with E-state index in [4.69, 9.17) is 9.47 Å². The number of aliphatic hydroxyl groups excluding tert-OH is 3. The maximum atomic E-state index is 10.4. The monoisotopic (exact) mass is 294 g/mol. The minimum Gasteiger partial charge on any atom is -0.748 e. The first-order valence-electron chi connectivity index (χ1n) is 4.92. The molecule has 1 saturated heterocycles. The molecule has 18 heavy (non-hydrogen) atoms. The van der Waals surface area contributed by atoms with Gasteiger partial charge in [0.2, 0.25) is 0 Å². The van der Waals surface area contributed by atoms with E-state index in [0.29, 0.717) is 0 Å². The first-order valence-corrected chi connectivity index (χ1v) is 6.50. The van der Waals surface area contributed by atoms with E-state index in [1.165, 1.54) is 7.11 Å². The van der Waals surface area contributed by atoms with E-state index in [-0.39, 0.29) is 36.0 Å². The van der Waals surface area contributed by atoms with Gasteiger partial charge in [-0.3, -0.25) is 0 Å². The van der Waals surface area contributed by atoms with Gasteiger partial charge in [0.05, 0.1) is 16.2 Å². The fraction of sp³-hybridized carbons (Fsp3) is 1.00. The molecule has 0 aromatic heterocycles. The van der Waals surface area contributed by atoms with Gasteiger partial charge in [0.25, 0.3) is 0 Å². The number of aliphatic hydroxyl groups is 3. The van der Waals surface area contributed by atoms with Gasteiger partial charge in [-0.25, -0.2) is 8.42 Å². The van der Waals surface area contributed by atoms with Gasteiger partial charge in [-0.05, 0) is 6.42 Å². The van der Waals surface area contributed by atoms with Crippen molar-refractivity contribution in [2.75, 3.05) is 12.9 Å². The van der Waals surface area contributed by atoms with Crippen molar-refractivity contribution in [2.24, 2.45) is 0 Å². The van der Waals surface area contributed by atoms with E-state index >= 15 is 0 Å². The summed E-state index contributed by atoms with van der Waals surface area (Å²) in [4.78, 5) is 0. The molecule has 1 fully saturated rings. The van der Waals surface area contributed by atoms with Crippen LogP contribution in [0.1, 0.15) is 6.42 Å². The molecule has 102 valence electrons. The number of hydrogen-bond donors (Lipinski definition) is 3. The van der Waals surface area contributed by atoms with Gasteiger partial charge < -0.3 is 29.3 Å². The number of ether oxygens (including phenoxy) is 2. The quantitative estimate of drug-likeness (QED) is 0.345. The van der Waals surface area contributed by atoms with Gasteiger partial charge in [0.1, 0.15) is 18.3 Å². The molecule has 1 heterocycles. The van der Waals surface area contributed by atoms with Crippen LogP contribution >= 0.6 is 0 Å². The minimum absolute atomic E-state index is 0. The van der Waals surface area contributed by atoms with Crippen molar-refractivity contribution in [3.05, 3.63) is 0 Å². The van der Waals surface area contributed by atoms with Crippen LogP contribution in [-0.4, -0.2) is 71.9 Å². The Kier molecular flexibility index (Phi) is 7.78. The molecular weight excluding hydrogens is 279 g/mol. The van der Waals surface area contributed by atoms with E-state index < -0.39 is 46.6 Å². The maximum Gasteiger partial charge on any atom is 1.00 e. The summed E-state index contributed by atoms with van der Waals surface area (Å²) >= 11 is 0. The summed E-state index contributed by atoms with van der Waals surface area (Å²) < 4.78 is 41.1. The van der Waals surface area contributed by atoms with Crippen LogP contribution in [0.4, 0.5) is 0 Å². The summed E-state index contributed by atoms with van der Waals surface area (Å²) in [5.74, 6) is -0.728. The third-order valence-electron chi connectivity index (χ3n) is 2.55. The zero-order valence-corrected chi connectivity index (χ0v) is 12.9. The second-order valence-corrected chi connectivity index (χ2v) is 5.32. The predicted octanol–water partition coefficient (Wildman–Crippen LogP) is -5.62. The van der Waals surface area contributed by atoms with Crippen molar-refractivity contribution >= 4 is 10.1 Å². The first-order chi connectivity index (χ1) is 7.76. The Morgan fingerprint density at radius 3 is 2.22 bits per heavy atom. The second kappa shape index (κ2) is 7.48. The molecule has 5 atom stereocenters. The molecule has 0 saturated carbocycles. The van der Waals surface area contributed by atoms with Crippen LogP contribution in [0.5, 0.6) is 0 Å². The summed E-state index contributed by atoms with van der Waals surface area (Å²) in [6, 6.07) is 0. The Morgan fingerprint density at radius 2 is 1.78 bits per heavy atom. The predicted molar refractivity (Wildman–Crippen MR) is 52.9 cm³/mol. The zero-order valence-electron chi connectivity index (χ0n) is 10.1. The zero-order chi connectivity index (χ0) is 13.2. The van der Waals surface area contributed by atoms with Gasteiger partial charge in [0.15, 0.2) is 6.29 Å². The fourth-order valence-electron chi connectivity index (χ4n) is 1.61. The van der Waals surface area contributed by atoms with Gasteiger partial charge in [0, 0.05) is 12.9 Å². The largest absolute Gasteiger partial charge is 1.00 e. The Hall–Kier alpha value is 0.710. The van der Waals surface area contributed by atoms with Crippen LogP contribution in [0, 0.1) is 0 Å². The summed E-state index contributed by atoms with van der Waals surface area (Å²) in [6.07, 6.45) is -6.97. The van der Waals surface area contributed by atoms with Crippen molar-refractivity contribution in [2.45, 2.75) is 37.1 Å². The fourth-order valence-corrected chi connectivity index (χ4v) is 2.13. The summed E-state index contributed by atoms with van der Waals surface area (Å²) in [5.41, 5.74) is 0. The molecule has 0 aromatic rings. The van der Waals surface area contributed by atoms with Gasteiger partial charge in [-0.1, -0.05) is 0 Å². The average Bonchev–Trinajstić information content (AvgIpc) is 2.24. The van der Waals surface area contributed by atoms with E-state index in [0.717, 1.165) is 0 Å². The molecule has 0 unspecified atom stereocenters. The molecule has 0 aromatic carbocycles. The summed E-state index contributed by atoms with van der Waals surface area (Å²) in [7, 11) is -3.21. The molecular formula is C8H15NaO8S. The summed E-state index contributed by atoms with van der Waals surface area (Å²) in [5, 5.41) is 28.4. The third-order valence-corrected chi connectivity index (χ3v) is 3.29. The van der Waals surface area contributed by atoms with E-state index in [1.807, 2.05) is 0 Å². The van der Waals surface area contributed by atoms with Gasteiger partial charge in [-0.2, -0.15) is 0 Å². The number of hydrogen-bond acceptors (Lipinski definition) is 8. The molecule has 0 amide bonds. The molecule has 10 heteroatoms. The molecule has 0 radical (unpaired) electrons. The molecule has 1 rings (SSSR count). The second-order valence-electron chi connectivity index (χ2n) is 3.80. The topological polar surface area (TPSA) is 136 Å². The van der Waals surface area contributed by atoms with Gasteiger partial charge >= 0.3 is 29.6 Å². The maximum absolute atomic E-state index is 10.4. The summed E-state index contributed by atoms with van der Waals surface area (Å²) in [6.45, 7) is 0. The number of methoxy groups -OCH3 is 1. The smallest absolute Gasteiger partial charge is 0.748 e. The SMILES string of the molecule is CO[C@H]1O[C@H](CCS(=O)(=O)[O-])[C@@H](O)[C@H](O)[C@@H]1O.[Na+]. The molecule has 3 N–H and O–H groups in total. The third kappa shape index (κ3) is 5.00. The molecule has 0 bridgehead atoms. The van der Waals surface area contributed by atoms with Crippen LogP contribution in [0.15, 0.2) is 0 Å². The van der Waals surface area contributed by atoms with Crippen LogP contribution in [0.3, 0.4) is 0 Å². The van der Waals surface area contributed by atoms with E-state index in [2.05, 4.69) is 0 Å². The Balaban J connectivity index is 0.00000289. The average molecular weight is 294 g/mol. The molecule has 8 nitrogen and oxygen atoms in total. The number of rotatable bonds is 4. The minimum atomic E-state index is -4.43. The van der Waals surface area contributed by atoms with E-state index in [1.54, 1.807) is 0 Å². The molecule has 1 aliphatic heterocycles. The molecule has 1 aliphatic rings. The van der Waals surface area contributed by atoms with Crippen LogP contribution in [-0.2, 0) is 19.6 Å². The Bertz CT molecular complexity index is 345. The molecule has 0 spiro atoms.